The van der Waals surface area contributed by atoms with Crippen LogP contribution >= 0.6 is 0 Å². The van der Waals surface area contributed by atoms with Crippen molar-refractivity contribution in [3.63, 3.8) is 0 Å². The van der Waals surface area contributed by atoms with E-state index >= 15 is 0 Å². The van der Waals surface area contributed by atoms with Crippen LogP contribution in [-0.2, 0) is 4.79 Å². The molecular weight excluding hydrogens is 370 g/mol. The molecule has 1 amide bonds. The summed E-state index contributed by atoms with van der Waals surface area (Å²) in [7, 11) is 0. The smallest absolute Gasteiger partial charge is 0.270 e. The zero-order valence-electron chi connectivity index (χ0n) is 15.8. The molecule has 0 saturated carbocycles. The van der Waals surface area contributed by atoms with Crippen LogP contribution in [0.4, 0.5) is 5.69 Å². The van der Waals surface area contributed by atoms with Gasteiger partial charge in [0.25, 0.3) is 11.6 Å². The average molecular weight is 389 g/mol. The SMILES string of the molecule is C=C/C=C(\C=C)C(C)NC(=O)/C(C#N)=C/c1ccc(-c2cccc([N+](=O)[O-])c2)o1. The van der Waals surface area contributed by atoms with Crippen LogP contribution in [0.5, 0.6) is 0 Å². The van der Waals surface area contributed by atoms with Crippen molar-refractivity contribution in [2.75, 3.05) is 0 Å². The summed E-state index contributed by atoms with van der Waals surface area (Å²) in [4.78, 5) is 22.8. The summed E-state index contributed by atoms with van der Waals surface area (Å²) < 4.78 is 5.63. The standard InChI is InChI=1S/C22H19N3O4/c1-4-7-16(5-2)15(3)24-22(26)18(14-23)13-20-10-11-21(29-20)17-8-6-9-19(12-17)25(27)28/h4-13,15H,1-2H2,3H3,(H,24,26)/b16-7+,18-13+. The third kappa shape index (κ3) is 5.40. The maximum atomic E-state index is 12.4. The van der Waals surface area contributed by atoms with Crippen molar-refractivity contribution >= 4 is 17.7 Å². The van der Waals surface area contributed by atoms with Crippen molar-refractivity contribution < 1.29 is 14.1 Å². The van der Waals surface area contributed by atoms with E-state index in [4.69, 9.17) is 4.42 Å². The molecule has 7 heteroatoms. The lowest BCUT2D eigenvalue weighted by atomic mass is 10.1. The van der Waals surface area contributed by atoms with Crippen LogP contribution < -0.4 is 5.32 Å². The number of carbonyl (C=O) groups excluding carboxylic acids is 1. The summed E-state index contributed by atoms with van der Waals surface area (Å²) in [5.74, 6) is 0.0930. The fourth-order valence-electron chi connectivity index (χ4n) is 2.53. The van der Waals surface area contributed by atoms with Gasteiger partial charge in [-0.2, -0.15) is 5.26 Å². The molecule has 0 aliphatic heterocycles. The lowest BCUT2D eigenvalue weighted by Crippen LogP contribution is -2.34. The summed E-state index contributed by atoms with van der Waals surface area (Å²) >= 11 is 0. The Balaban J connectivity index is 2.23. The zero-order valence-corrected chi connectivity index (χ0v) is 15.8. The van der Waals surface area contributed by atoms with Gasteiger partial charge in [-0.15, -0.1) is 0 Å². The van der Waals surface area contributed by atoms with Gasteiger partial charge in [-0.1, -0.05) is 43.5 Å². The van der Waals surface area contributed by atoms with Crippen LogP contribution in [-0.4, -0.2) is 16.9 Å². The lowest BCUT2D eigenvalue weighted by Gasteiger charge is -2.14. The minimum Gasteiger partial charge on any atom is -0.457 e. The molecule has 1 aromatic carbocycles. The van der Waals surface area contributed by atoms with Crippen LogP contribution in [0, 0.1) is 21.4 Å². The summed E-state index contributed by atoms with van der Waals surface area (Å²) in [6.07, 6.45) is 6.21. The van der Waals surface area contributed by atoms with E-state index in [0.717, 1.165) is 5.57 Å². The first-order valence-corrected chi connectivity index (χ1v) is 8.62. The van der Waals surface area contributed by atoms with Crippen LogP contribution in [0.1, 0.15) is 12.7 Å². The number of amides is 1. The molecule has 0 spiro atoms. The van der Waals surface area contributed by atoms with E-state index in [1.54, 1.807) is 49.4 Å². The number of carbonyl (C=O) groups is 1. The molecule has 0 radical (unpaired) electrons. The van der Waals surface area contributed by atoms with E-state index in [0.29, 0.717) is 11.3 Å². The van der Waals surface area contributed by atoms with E-state index in [1.165, 1.54) is 18.2 Å². The highest BCUT2D eigenvalue weighted by Gasteiger charge is 2.15. The lowest BCUT2D eigenvalue weighted by molar-refractivity contribution is -0.384. The monoisotopic (exact) mass is 389 g/mol. The Morgan fingerprint density at radius 2 is 2.10 bits per heavy atom. The number of nitrogens with one attached hydrogen (secondary N) is 1. The van der Waals surface area contributed by atoms with Crippen molar-refractivity contribution in [3.8, 4) is 17.4 Å². The first kappa shape index (κ1) is 21.1. The molecule has 0 aliphatic carbocycles. The highest BCUT2D eigenvalue weighted by atomic mass is 16.6. The zero-order chi connectivity index (χ0) is 21.4. The van der Waals surface area contributed by atoms with Crippen molar-refractivity contribution in [1.82, 2.24) is 5.32 Å². The minimum atomic E-state index is -0.565. The van der Waals surface area contributed by atoms with Crippen molar-refractivity contribution in [2.24, 2.45) is 0 Å². The second kappa shape index (κ2) is 9.67. The first-order chi connectivity index (χ1) is 13.9. The topological polar surface area (TPSA) is 109 Å². The van der Waals surface area contributed by atoms with Gasteiger partial charge >= 0.3 is 0 Å². The summed E-state index contributed by atoms with van der Waals surface area (Å²) in [5, 5.41) is 23.0. The van der Waals surface area contributed by atoms with Gasteiger partial charge in [-0.3, -0.25) is 14.9 Å². The molecule has 1 heterocycles. The molecule has 29 heavy (non-hydrogen) atoms. The van der Waals surface area contributed by atoms with Crippen LogP contribution in [0.25, 0.3) is 17.4 Å². The van der Waals surface area contributed by atoms with Crippen LogP contribution in [0.15, 0.2) is 83.3 Å². The number of non-ortho nitro benzene ring substituents is 1. The molecule has 2 aromatic rings. The molecule has 0 fully saturated rings. The van der Waals surface area contributed by atoms with Gasteiger partial charge in [0.05, 0.1) is 11.0 Å². The van der Waals surface area contributed by atoms with E-state index in [1.807, 2.05) is 6.07 Å². The van der Waals surface area contributed by atoms with Crippen LogP contribution in [0.3, 0.4) is 0 Å². The molecule has 1 unspecified atom stereocenters. The first-order valence-electron chi connectivity index (χ1n) is 8.62. The van der Waals surface area contributed by atoms with Crippen LogP contribution in [0.2, 0.25) is 0 Å². The number of nitro groups is 1. The second-order valence-electron chi connectivity index (χ2n) is 5.98. The number of nitriles is 1. The Bertz CT molecular complexity index is 1050. The van der Waals surface area contributed by atoms with Gasteiger partial charge in [0.1, 0.15) is 23.2 Å². The van der Waals surface area contributed by atoms with Crippen molar-refractivity contribution in [3.05, 3.63) is 94.8 Å². The molecule has 0 saturated heterocycles. The number of allylic oxidation sites excluding steroid dienone is 2. The Morgan fingerprint density at radius 1 is 1.34 bits per heavy atom. The van der Waals surface area contributed by atoms with E-state index < -0.39 is 10.8 Å². The van der Waals surface area contributed by atoms with Gasteiger partial charge in [0.15, 0.2) is 0 Å². The molecule has 2 rings (SSSR count). The second-order valence-corrected chi connectivity index (χ2v) is 5.98. The quantitative estimate of drug-likeness (QED) is 0.234. The predicted octanol–water partition coefficient (Wildman–Crippen LogP) is 4.56. The Hall–Kier alpha value is -4.18. The predicted molar refractivity (Wildman–Crippen MR) is 110 cm³/mol. The minimum absolute atomic E-state index is 0.0623. The third-order valence-electron chi connectivity index (χ3n) is 4.01. The molecule has 146 valence electrons. The number of nitrogens with zero attached hydrogens (tertiary/aromatic N) is 2. The van der Waals surface area contributed by atoms with Crippen molar-refractivity contribution in [2.45, 2.75) is 13.0 Å². The fraction of sp³-hybridized carbons (Fsp3) is 0.0909. The summed E-state index contributed by atoms with van der Waals surface area (Å²) in [6, 6.07) is 10.7. The fourth-order valence-corrected chi connectivity index (χ4v) is 2.53. The van der Waals surface area contributed by atoms with Gasteiger partial charge in [0.2, 0.25) is 0 Å². The van der Waals surface area contributed by atoms with E-state index in [9.17, 15) is 20.2 Å². The number of rotatable bonds is 8. The largest absolute Gasteiger partial charge is 0.457 e. The third-order valence-corrected chi connectivity index (χ3v) is 4.01. The molecular formula is C22H19N3O4. The number of hydrogen-bond donors (Lipinski definition) is 1. The number of nitro benzene ring substituents is 1. The highest BCUT2D eigenvalue weighted by molar-refractivity contribution is 6.01. The van der Waals surface area contributed by atoms with E-state index in [-0.39, 0.29) is 23.1 Å². The van der Waals surface area contributed by atoms with Gasteiger partial charge in [0, 0.05) is 23.8 Å². The molecule has 1 aromatic heterocycles. The van der Waals surface area contributed by atoms with Gasteiger partial charge in [-0.05, 0) is 24.6 Å². The molecule has 0 bridgehead atoms. The van der Waals surface area contributed by atoms with E-state index in [2.05, 4.69) is 18.5 Å². The molecule has 7 nitrogen and oxygen atoms in total. The number of furan rings is 1. The Kier molecular flexibility index (Phi) is 7.04. The number of hydrogen-bond acceptors (Lipinski definition) is 5. The maximum absolute atomic E-state index is 12.4. The molecule has 1 N–H and O–H groups in total. The highest BCUT2D eigenvalue weighted by Crippen LogP contribution is 2.26. The van der Waals surface area contributed by atoms with Crippen molar-refractivity contribution in [1.29, 1.82) is 5.26 Å². The van der Waals surface area contributed by atoms with Gasteiger partial charge in [-0.25, -0.2) is 0 Å². The molecule has 1 atom stereocenters. The normalized spacial score (nSPS) is 12.6. The summed E-state index contributed by atoms with van der Waals surface area (Å²) in [5.41, 5.74) is 1.06. The maximum Gasteiger partial charge on any atom is 0.270 e. The summed E-state index contributed by atoms with van der Waals surface area (Å²) in [6.45, 7) is 9.06. The number of benzene rings is 1. The molecule has 0 aliphatic rings. The average Bonchev–Trinajstić information content (AvgIpc) is 3.18. The Morgan fingerprint density at radius 3 is 2.72 bits per heavy atom. The van der Waals surface area contributed by atoms with Gasteiger partial charge < -0.3 is 9.73 Å². The Labute approximate surface area is 168 Å².